The monoisotopic (exact) mass is 365 g/mol. The van der Waals surface area contributed by atoms with E-state index in [1.165, 1.54) is 29.8 Å². The molecule has 0 saturated heterocycles. The number of aryl methyl sites for hydroxylation is 2. The van der Waals surface area contributed by atoms with Crippen LogP contribution in [0.1, 0.15) is 48.2 Å². The van der Waals surface area contributed by atoms with E-state index in [-0.39, 0.29) is 24.5 Å². The Morgan fingerprint density at radius 2 is 1.79 bits per heavy atom. The Kier molecular flexibility index (Phi) is 5.90. The molecule has 0 aromatic carbocycles. The van der Waals surface area contributed by atoms with Gasteiger partial charge in [0.25, 0.3) is 0 Å². The second-order valence-corrected chi connectivity index (χ2v) is 7.87. The fourth-order valence-corrected chi connectivity index (χ4v) is 4.09. The number of methoxy groups -OCH3 is 1. The van der Waals surface area contributed by atoms with Crippen LogP contribution >= 0.6 is 22.7 Å². The highest BCUT2D eigenvalue weighted by Crippen LogP contribution is 2.33. The molecule has 0 radical (unpaired) electrons. The molecule has 0 aliphatic rings. The number of rotatable bonds is 6. The summed E-state index contributed by atoms with van der Waals surface area (Å²) in [5.41, 5.74) is 1.18. The van der Waals surface area contributed by atoms with Crippen molar-refractivity contribution in [3.8, 4) is 0 Å². The van der Waals surface area contributed by atoms with Crippen molar-refractivity contribution in [2.24, 2.45) is 0 Å². The average Bonchev–Trinajstić information content (AvgIpc) is 3.09. The molecular formula is C17H19NO4S2. The third kappa shape index (κ3) is 4.10. The number of hydrogen-bond acceptors (Lipinski definition) is 6. The molecule has 0 saturated carbocycles. The molecule has 0 bridgehead atoms. The van der Waals surface area contributed by atoms with E-state index in [4.69, 9.17) is 4.74 Å². The predicted octanol–water partition coefficient (Wildman–Crippen LogP) is 4.12. The van der Waals surface area contributed by atoms with Gasteiger partial charge in [0, 0.05) is 22.6 Å². The van der Waals surface area contributed by atoms with Gasteiger partial charge in [0.15, 0.2) is 5.78 Å². The fraction of sp³-hybridized carbons (Fsp3) is 0.353. The van der Waals surface area contributed by atoms with Crippen LogP contribution in [-0.2, 0) is 9.53 Å². The van der Waals surface area contributed by atoms with E-state index in [0.29, 0.717) is 15.4 Å². The van der Waals surface area contributed by atoms with Crippen LogP contribution in [0.3, 0.4) is 0 Å². The Morgan fingerprint density at radius 3 is 2.38 bits per heavy atom. The Hall–Kier alpha value is -1.99. The first-order chi connectivity index (χ1) is 11.3. The summed E-state index contributed by atoms with van der Waals surface area (Å²) in [4.78, 5) is 38.7. The highest BCUT2D eigenvalue weighted by Gasteiger charge is 2.21. The first-order valence-electron chi connectivity index (χ1n) is 7.41. The summed E-state index contributed by atoms with van der Waals surface area (Å²) in [7, 11) is 1.31. The standard InChI is InChI=1S/C17H19NO4S2/c1-9-5-7-13(23-9)12(19)6-8-14(20)18-16-15(17(21)22-4)10(2)11(3)24-16/h5,7H,6,8H2,1-4H3,(H,18,20). The number of nitrogens with one attached hydrogen (secondary N) is 1. The number of carbonyl (C=O) groups excluding carboxylic acids is 3. The number of Topliss-reactive ketones (excluding diaryl/α,β-unsaturated/α-hetero) is 1. The highest BCUT2D eigenvalue weighted by atomic mass is 32.1. The molecular weight excluding hydrogens is 346 g/mol. The number of amides is 1. The molecule has 0 atom stereocenters. The van der Waals surface area contributed by atoms with Crippen molar-refractivity contribution >= 4 is 45.3 Å². The van der Waals surface area contributed by atoms with E-state index < -0.39 is 5.97 Å². The largest absolute Gasteiger partial charge is 0.465 e. The zero-order valence-corrected chi connectivity index (χ0v) is 15.7. The molecule has 2 aromatic heterocycles. The highest BCUT2D eigenvalue weighted by molar-refractivity contribution is 7.16. The van der Waals surface area contributed by atoms with Crippen LogP contribution in [0.15, 0.2) is 12.1 Å². The first-order valence-corrected chi connectivity index (χ1v) is 9.04. The van der Waals surface area contributed by atoms with Gasteiger partial charge >= 0.3 is 5.97 Å². The lowest BCUT2D eigenvalue weighted by atomic mass is 10.1. The maximum atomic E-state index is 12.1. The van der Waals surface area contributed by atoms with Crippen LogP contribution in [0.25, 0.3) is 0 Å². The third-order valence-corrected chi connectivity index (χ3v) is 5.79. The molecule has 5 nitrogen and oxygen atoms in total. The minimum absolute atomic E-state index is 0.0463. The lowest BCUT2D eigenvalue weighted by Gasteiger charge is -2.06. The number of thiophene rings is 2. The molecule has 1 amide bonds. The van der Waals surface area contributed by atoms with Gasteiger partial charge in [0.2, 0.25) is 5.91 Å². The Morgan fingerprint density at radius 1 is 1.08 bits per heavy atom. The van der Waals surface area contributed by atoms with E-state index in [2.05, 4.69) is 5.32 Å². The zero-order valence-electron chi connectivity index (χ0n) is 14.0. The lowest BCUT2D eigenvalue weighted by molar-refractivity contribution is -0.116. The molecule has 0 unspecified atom stereocenters. The summed E-state index contributed by atoms with van der Waals surface area (Å²) in [5.74, 6) is -0.810. The molecule has 24 heavy (non-hydrogen) atoms. The van der Waals surface area contributed by atoms with Gasteiger partial charge in [-0.3, -0.25) is 9.59 Å². The summed E-state index contributed by atoms with van der Waals surface area (Å²) in [5, 5.41) is 3.20. The lowest BCUT2D eigenvalue weighted by Crippen LogP contribution is -2.15. The SMILES string of the molecule is COC(=O)c1c(NC(=O)CCC(=O)c2ccc(C)s2)sc(C)c1C. The molecule has 0 aliphatic heterocycles. The van der Waals surface area contributed by atoms with Crippen LogP contribution in [0.4, 0.5) is 5.00 Å². The van der Waals surface area contributed by atoms with Crippen molar-refractivity contribution < 1.29 is 19.1 Å². The van der Waals surface area contributed by atoms with E-state index in [1.807, 2.05) is 26.8 Å². The van der Waals surface area contributed by atoms with E-state index in [0.717, 1.165) is 15.3 Å². The van der Waals surface area contributed by atoms with Crippen molar-refractivity contribution in [1.29, 1.82) is 0 Å². The van der Waals surface area contributed by atoms with Crippen molar-refractivity contribution in [3.05, 3.63) is 37.9 Å². The summed E-state index contributed by atoms with van der Waals surface area (Å²) in [6.45, 7) is 5.63. The summed E-state index contributed by atoms with van der Waals surface area (Å²) in [6.07, 6.45) is 0.217. The van der Waals surface area contributed by atoms with Gasteiger partial charge < -0.3 is 10.1 Å². The van der Waals surface area contributed by atoms with Crippen LogP contribution in [0.5, 0.6) is 0 Å². The van der Waals surface area contributed by atoms with Gasteiger partial charge in [0.05, 0.1) is 17.6 Å². The minimum Gasteiger partial charge on any atom is -0.465 e. The number of esters is 1. The van der Waals surface area contributed by atoms with E-state index >= 15 is 0 Å². The number of hydrogen-bond donors (Lipinski definition) is 1. The first kappa shape index (κ1) is 18.4. The second-order valence-electron chi connectivity index (χ2n) is 5.36. The van der Waals surface area contributed by atoms with Gasteiger partial charge in [-0.05, 0) is 38.5 Å². The van der Waals surface area contributed by atoms with Crippen LogP contribution in [-0.4, -0.2) is 24.8 Å². The minimum atomic E-state index is -0.475. The Balaban J connectivity index is 2.01. The molecule has 2 rings (SSSR count). The molecule has 0 spiro atoms. The topological polar surface area (TPSA) is 72.5 Å². The maximum absolute atomic E-state index is 12.1. The third-order valence-electron chi connectivity index (χ3n) is 3.62. The van der Waals surface area contributed by atoms with Crippen LogP contribution < -0.4 is 5.32 Å². The van der Waals surface area contributed by atoms with Crippen molar-refractivity contribution in [1.82, 2.24) is 0 Å². The van der Waals surface area contributed by atoms with Gasteiger partial charge in [-0.25, -0.2) is 4.79 Å². The second kappa shape index (κ2) is 7.72. The molecule has 2 aromatic rings. The fourth-order valence-electron chi connectivity index (χ4n) is 2.19. The Labute approximate surface area is 148 Å². The van der Waals surface area contributed by atoms with Crippen molar-refractivity contribution in [3.63, 3.8) is 0 Å². The number of ether oxygens (including phenoxy) is 1. The molecule has 0 fully saturated rings. The number of ketones is 1. The van der Waals surface area contributed by atoms with Crippen LogP contribution in [0.2, 0.25) is 0 Å². The smallest absolute Gasteiger partial charge is 0.341 e. The maximum Gasteiger partial charge on any atom is 0.341 e. The summed E-state index contributed by atoms with van der Waals surface area (Å²) >= 11 is 2.76. The molecule has 128 valence electrons. The Bertz CT molecular complexity index is 789. The van der Waals surface area contributed by atoms with Crippen molar-refractivity contribution in [2.75, 3.05) is 12.4 Å². The molecule has 0 aliphatic carbocycles. The van der Waals surface area contributed by atoms with E-state index in [9.17, 15) is 14.4 Å². The predicted molar refractivity (Wildman–Crippen MR) is 96.4 cm³/mol. The summed E-state index contributed by atoms with van der Waals surface area (Å²) < 4.78 is 4.77. The zero-order chi connectivity index (χ0) is 17.9. The van der Waals surface area contributed by atoms with Crippen molar-refractivity contribution in [2.45, 2.75) is 33.6 Å². The molecule has 7 heteroatoms. The average molecular weight is 365 g/mol. The van der Waals surface area contributed by atoms with Gasteiger partial charge in [-0.2, -0.15) is 0 Å². The normalized spacial score (nSPS) is 10.5. The molecule has 1 N–H and O–H groups in total. The number of anilines is 1. The molecule has 2 heterocycles. The summed E-state index contributed by atoms with van der Waals surface area (Å²) in [6, 6.07) is 3.67. The number of carbonyl (C=O) groups is 3. The van der Waals surface area contributed by atoms with Crippen LogP contribution in [0, 0.1) is 20.8 Å². The van der Waals surface area contributed by atoms with Gasteiger partial charge in [0.1, 0.15) is 5.00 Å². The van der Waals surface area contributed by atoms with Gasteiger partial charge in [-0.1, -0.05) is 0 Å². The quantitative estimate of drug-likeness (QED) is 0.617. The van der Waals surface area contributed by atoms with Gasteiger partial charge in [-0.15, -0.1) is 22.7 Å². The van der Waals surface area contributed by atoms with E-state index in [1.54, 1.807) is 6.07 Å².